The Hall–Kier alpha value is -1.18. The van der Waals surface area contributed by atoms with E-state index in [9.17, 15) is 4.79 Å². The van der Waals surface area contributed by atoms with E-state index < -0.39 is 0 Å². The molecule has 1 N–H and O–H groups in total. The molecule has 0 aromatic carbocycles. The zero-order chi connectivity index (χ0) is 5.98. The Morgan fingerprint density at radius 1 is 1.25 bits per heavy atom. The fourth-order valence-electron chi connectivity index (χ4n) is 0.457. The summed E-state index contributed by atoms with van der Waals surface area (Å²) < 4.78 is 0. The summed E-state index contributed by atoms with van der Waals surface area (Å²) in [4.78, 5) is 19.0. The van der Waals surface area contributed by atoms with Crippen molar-refractivity contribution in [1.29, 1.82) is 0 Å². The first-order valence-electron chi connectivity index (χ1n) is 2.26. The van der Waals surface area contributed by atoms with Crippen molar-refractivity contribution in [2.24, 2.45) is 0 Å². The molecule has 0 amide bonds. The van der Waals surface area contributed by atoms with Gasteiger partial charge in [0.25, 0.3) is 5.78 Å². The van der Waals surface area contributed by atoms with Gasteiger partial charge in [-0.15, -0.1) is 0 Å². The maximum Gasteiger partial charge on any atom is 0.386 e. The molecule has 0 aromatic heterocycles. The summed E-state index contributed by atoms with van der Waals surface area (Å²) in [6, 6.07) is 0. The third kappa shape index (κ3) is 0.729. The number of carbonyl (C=O) groups excluding carboxylic acids is 2. The predicted octanol–water partition coefficient (Wildman–Crippen LogP) is 0.226. The minimum atomic E-state index is -0.326. The van der Waals surface area contributed by atoms with Gasteiger partial charge < -0.3 is 0 Å². The van der Waals surface area contributed by atoms with Crippen molar-refractivity contribution in [2.45, 2.75) is 0 Å². The molecule has 0 unspecified atom stereocenters. The highest BCUT2D eigenvalue weighted by Gasteiger charge is 2.14. The van der Waals surface area contributed by atoms with Crippen LogP contribution in [-0.4, -0.2) is 16.4 Å². The van der Waals surface area contributed by atoms with E-state index in [4.69, 9.17) is 4.79 Å². The molecule has 2 heteroatoms. The Balaban J connectivity index is 2.89. The fraction of sp³-hybridized carbons (Fsp3) is 0. The topological polar surface area (TPSA) is 38.5 Å². The van der Waals surface area contributed by atoms with E-state index in [1.807, 2.05) is 0 Å². The zero-order valence-corrected chi connectivity index (χ0v) is 4.16. The first-order valence-corrected chi connectivity index (χ1v) is 2.26. The molecule has 40 valence electrons. The van der Waals surface area contributed by atoms with E-state index >= 15 is 0 Å². The molecule has 1 rings (SSSR count). The summed E-state index contributed by atoms with van der Waals surface area (Å²) in [7, 11) is 0. The number of hydrogen-bond acceptors (Lipinski definition) is 1. The van der Waals surface area contributed by atoms with Gasteiger partial charge in [-0.2, -0.15) is 0 Å². The van der Waals surface area contributed by atoms with Crippen LogP contribution in [0.2, 0.25) is 0 Å². The van der Waals surface area contributed by atoms with E-state index in [1.165, 1.54) is 12.2 Å². The molecule has 2 nitrogen and oxygen atoms in total. The quantitative estimate of drug-likeness (QED) is 0.249. The van der Waals surface area contributed by atoms with Crippen molar-refractivity contribution in [3.05, 3.63) is 24.3 Å². The number of carbonyl (C=O) groups is 1. The lowest BCUT2D eigenvalue weighted by Gasteiger charge is -1.82. The van der Waals surface area contributed by atoms with Gasteiger partial charge in [0.2, 0.25) is 0 Å². The van der Waals surface area contributed by atoms with E-state index in [0.29, 0.717) is 0 Å². The molecule has 0 spiro atoms. The first kappa shape index (κ1) is 4.97. The Kier molecular flexibility index (Phi) is 1.08. The van der Waals surface area contributed by atoms with Gasteiger partial charge in [-0.1, -0.05) is 12.2 Å². The van der Waals surface area contributed by atoms with Gasteiger partial charge in [-0.25, -0.2) is 0 Å². The Morgan fingerprint density at radius 3 is 2.25 bits per heavy atom. The van der Waals surface area contributed by atoms with Crippen molar-refractivity contribution in [3.8, 4) is 0 Å². The van der Waals surface area contributed by atoms with Gasteiger partial charge in [0.1, 0.15) is 0 Å². The van der Waals surface area contributed by atoms with Crippen molar-refractivity contribution < 1.29 is 9.59 Å². The number of hydrogen-bond donors (Lipinski definition) is 0. The fourth-order valence-corrected chi connectivity index (χ4v) is 0.457. The molecule has 0 fully saturated rings. The zero-order valence-electron chi connectivity index (χ0n) is 4.16. The molecule has 8 heavy (non-hydrogen) atoms. The van der Waals surface area contributed by atoms with Crippen LogP contribution in [0.25, 0.3) is 0 Å². The molecule has 0 heterocycles. The summed E-state index contributed by atoms with van der Waals surface area (Å²) >= 11 is 0. The highest BCUT2D eigenvalue weighted by atomic mass is 16.2. The van der Waals surface area contributed by atoms with E-state index in [2.05, 4.69) is 0 Å². The lowest BCUT2D eigenvalue weighted by Crippen LogP contribution is -2.09. The lowest BCUT2D eigenvalue weighted by molar-refractivity contribution is -0.109. The summed E-state index contributed by atoms with van der Waals surface area (Å²) in [5, 5.41) is 0. The molecule has 0 aliphatic heterocycles. The minimum absolute atomic E-state index is 0.187. The van der Waals surface area contributed by atoms with Crippen LogP contribution in [0.1, 0.15) is 0 Å². The SMILES string of the molecule is O=C1C=CC=CC1=[OH+]. The van der Waals surface area contributed by atoms with Crippen LogP contribution in [-0.2, 0) is 4.79 Å². The van der Waals surface area contributed by atoms with Crippen LogP contribution >= 0.6 is 0 Å². The van der Waals surface area contributed by atoms with Gasteiger partial charge in [0.15, 0.2) is 0 Å². The standard InChI is InChI=1S/C6H4O2/c7-5-3-1-2-4-6(5)8/h1-4H/p+1. The average Bonchev–Trinajstić information content (AvgIpc) is 1.77. The van der Waals surface area contributed by atoms with Crippen molar-refractivity contribution in [2.75, 3.05) is 0 Å². The van der Waals surface area contributed by atoms with E-state index in [1.54, 1.807) is 12.2 Å². The largest absolute Gasteiger partial charge is 0.386 e. The molecule has 0 bridgehead atoms. The molecular formula is C6H5O2+. The molecule has 0 atom stereocenters. The normalized spacial score (nSPS) is 17.5. The summed E-state index contributed by atoms with van der Waals surface area (Å²) in [6.45, 7) is 0. The second-order valence-electron chi connectivity index (χ2n) is 1.47. The van der Waals surface area contributed by atoms with Crippen LogP contribution in [0.3, 0.4) is 0 Å². The first-order chi connectivity index (χ1) is 3.80. The molecule has 0 radical (unpaired) electrons. The summed E-state index contributed by atoms with van der Waals surface area (Å²) in [5.74, 6) is -0.514. The summed E-state index contributed by atoms with van der Waals surface area (Å²) in [6.07, 6.45) is 5.87. The second kappa shape index (κ2) is 1.74. The molecule has 0 saturated carbocycles. The molecule has 0 saturated heterocycles. The number of rotatable bonds is 0. The minimum Gasteiger partial charge on any atom is -0.279 e. The van der Waals surface area contributed by atoms with Gasteiger partial charge in [0.05, 0.1) is 0 Å². The van der Waals surface area contributed by atoms with E-state index in [0.717, 1.165) is 0 Å². The van der Waals surface area contributed by atoms with Gasteiger partial charge in [-0.3, -0.25) is 9.59 Å². The third-order valence-electron chi connectivity index (χ3n) is 0.865. The Labute approximate surface area is 46.5 Å². The van der Waals surface area contributed by atoms with Crippen molar-refractivity contribution in [3.63, 3.8) is 0 Å². The summed E-state index contributed by atoms with van der Waals surface area (Å²) in [5.41, 5.74) is 0. The van der Waals surface area contributed by atoms with Crippen LogP contribution < -0.4 is 0 Å². The molecule has 0 aromatic rings. The maximum atomic E-state index is 10.4. The maximum absolute atomic E-state index is 10.4. The van der Waals surface area contributed by atoms with Crippen LogP contribution in [0.5, 0.6) is 0 Å². The van der Waals surface area contributed by atoms with E-state index in [-0.39, 0.29) is 11.6 Å². The average molecular weight is 109 g/mol. The molecule has 1 aliphatic carbocycles. The van der Waals surface area contributed by atoms with Crippen LogP contribution in [0.15, 0.2) is 24.3 Å². The van der Waals surface area contributed by atoms with Crippen molar-refractivity contribution in [1.82, 2.24) is 0 Å². The lowest BCUT2D eigenvalue weighted by atomic mass is 10.1. The number of ketones is 2. The Morgan fingerprint density at radius 2 is 1.88 bits per heavy atom. The second-order valence-corrected chi connectivity index (χ2v) is 1.47. The van der Waals surface area contributed by atoms with Crippen LogP contribution in [0.4, 0.5) is 0 Å². The molecule has 1 aliphatic rings. The number of allylic oxidation sites excluding steroid dienone is 4. The highest BCUT2D eigenvalue weighted by Crippen LogP contribution is 1.90. The van der Waals surface area contributed by atoms with Gasteiger partial charge in [0, 0.05) is 6.08 Å². The predicted molar refractivity (Wildman–Crippen MR) is 30.2 cm³/mol. The third-order valence-corrected chi connectivity index (χ3v) is 0.865. The smallest absolute Gasteiger partial charge is 0.279 e. The molecular weight excluding hydrogens is 104 g/mol. The van der Waals surface area contributed by atoms with Crippen molar-refractivity contribution >= 4 is 11.6 Å². The van der Waals surface area contributed by atoms with Gasteiger partial charge >= 0.3 is 5.78 Å². The Bertz CT molecular complexity index is 165. The monoisotopic (exact) mass is 109 g/mol. The van der Waals surface area contributed by atoms with Crippen LogP contribution in [0, 0.1) is 0 Å². The highest BCUT2D eigenvalue weighted by molar-refractivity contribution is 6.46. The van der Waals surface area contributed by atoms with Gasteiger partial charge in [-0.05, 0) is 6.08 Å².